The maximum atomic E-state index is 13.5. The van der Waals surface area contributed by atoms with Crippen LogP contribution in [-0.4, -0.2) is 34.2 Å². The summed E-state index contributed by atoms with van der Waals surface area (Å²) in [4.78, 5) is 13.5. The Morgan fingerprint density at radius 1 is 1.03 bits per heavy atom. The van der Waals surface area contributed by atoms with Crippen LogP contribution in [0.15, 0.2) is 40.9 Å². The normalized spacial score (nSPS) is 19.0. The van der Waals surface area contributed by atoms with E-state index in [0.29, 0.717) is 53.8 Å². The van der Waals surface area contributed by atoms with Gasteiger partial charge in [-0.25, -0.2) is 19.3 Å². The number of ether oxygens (including phenoxy) is 2. The summed E-state index contributed by atoms with van der Waals surface area (Å²) in [6.07, 6.45) is 3.22. The first-order chi connectivity index (χ1) is 14.5. The molecular formula is C22H23FN4O3. The number of aromatic nitrogens is 3. The maximum Gasteiger partial charge on any atom is 0.253 e. The fourth-order valence-electron chi connectivity index (χ4n) is 3.21. The van der Waals surface area contributed by atoms with Crippen LogP contribution in [0.4, 0.5) is 10.3 Å². The first-order valence-electron chi connectivity index (χ1n) is 10.1. The summed E-state index contributed by atoms with van der Waals surface area (Å²) >= 11 is 0. The van der Waals surface area contributed by atoms with Crippen molar-refractivity contribution < 1.29 is 18.3 Å². The summed E-state index contributed by atoms with van der Waals surface area (Å²) in [6.45, 7) is 5.21. The molecule has 8 heteroatoms. The third kappa shape index (κ3) is 4.06. The summed E-state index contributed by atoms with van der Waals surface area (Å²) in [7, 11) is 0. The molecule has 1 aliphatic carbocycles. The molecule has 1 aromatic carbocycles. The van der Waals surface area contributed by atoms with E-state index in [2.05, 4.69) is 34.1 Å². The molecule has 2 aliphatic rings. The molecule has 5 rings (SSSR count). The van der Waals surface area contributed by atoms with Gasteiger partial charge in [0.15, 0.2) is 5.76 Å². The molecule has 0 spiro atoms. The monoisotopic (exact) mass is 410 g/mol. The van der Waals surface area contributed by atoms with Crippen molar-refractivity contribution in [2.75, 3.05) is 18.5 Å². The average molecular weight is 410 g/mol. The van der Waals surface area contributed by atoms with E-state index in [-0.39, 0.29) is 11.2 Å². The van der Waals surface area contributed by atoms with Gasteiger partial charge in [-0.15, -0.1) is 0 Å². The van der Waals surface area contributed by atoms with Gasteiger partial charge in [0.25, 0.3) is 5.89 Å². The number of benzene rings is 1. The Kier molecular flexibility index (Phi) is 4.75. The van der Waals surface area contributed by atoms with Gasteiger partial charge in [0.2, 0.25) is 12.2 Å². The van der Waals surface area contributed by atoms with Crippen LogP contribution < -0.4 is 5.32 Å². The molecule has 156 valence electrons. The Bertz CT molecular complexity index is 1040. The van der Waals surface area contributed by atoms with E-state index in [1.807, 2.05) is 0 Å². The molecule has 1 saturated carbocycles. The van der Waals surface area contributed by atoms with Crippen molar-refractivity contribution >= 4 is 5.95 Å². The maximum absolute atomic E-state index is 13.5. The van der Waals surface area contributed by atoms with Crippen molar-refractivity contribution in [2.24, 2.45) is 5.41 Å². The number of anilines is 1. The third-order valence-electron chi connectivity index (χ3n) is 5.01. The minimum absolute atomic E-state index is 0.0677. The van der Waals surface area contributed by atoms with E-state index < -0.39 is 6.29 Å². The molecule has 1 aliphatic heterocycles. The van der Waals surface area contributed by atoms with Crippen molar-refractivity contribution in [2.45, 2.75) is 39.0 Å². The fraction of sp³-hybridized carbons (Fsp3) is 0.409. The number of oxazole rings is 1. The van der Waals surface area contributed by atoms with Gasteiger partial charge in [-0.3, -0.25) is 0 Å². The van der Waals surface area contributed by atoms with E-state index in [1.165, 1.54) is 12.1 Å². The molecular weight excluding hydrogens is 387 g/mol. The van der Waals surface area contributed by atoms with E-state index in [9.17, 15) is 4.39 Å². The fourth-order valence-corrected chi connectivity index (χ4v) is 3.21. The molecule has 2 fully saturated rings. The molecule has 0 atom stereocenters. The van der Waals surface area contributed by atoms with E-state index >= 15 is 0 Å². The van der Waals surface area contributed by atoms with Crippen LogP contribution in [0.25, 0.3) is 22.7 Å². The van der Waals surface area contributed by atoms with Crippen molar-refractivity contribution in [3.05, 3.63) is 48.2 Å². The number of nitrogens with zero attached hydrogens (tertiary/aromatic N) is 3. The van der Waals surface area contributed by atoms with Gasteiger partial charge in [0.1, 0.15) is 17.2 Å². The zero-order valence-electron chi connectivity index (χ0n) is 16.9. The Morgan fingerprint density at radius 2 is 1.77 bits per heavy atom. The topological polar surface area (TPSA) is 82.3 Å². The smallest absolute Gasteiger partial charge is 0.253 e. The minimum Gasteiger partial charge on any atom is -0.433 e. The van der Waals surface area contributed by atoms with Gasteiger partial charge in [-0.1, -0.05) is 13.8 Å². The minimum atomic E-state index is -0.697. The molecule has 1 saturated heterocycles. The molecule has 0 bridgehead atoms. The Hall–Kier alpha value is -2.84. The lowest BCUT2D eigenvalue weighted by atomic mass is 9.96. The molecule has 7 nitrogen and oxygen atoms in total. The van der Waals surface area contributed by atoms with Gasteiger partial charge in [-0.2, -0.15) is 0 Å². The number of nitrogens with one attached hydrogen (secondary N) is 1. The van der Waals surface area contributed by atoms with Gasteiger partial charge in [0.05, 0.1) is 13.2 Å². The van der Waals surface area contributed by atoms with Crippen LogP contribution in [0, 0.1) is 11.2 Å². The van der Waals surface area contributed by atoms with Gasteiger partial charge in [-0.05, 0) is 43.2 Å². The molecule has 0 unspecified atom stereocenters. The van der Waals surface area contributed by atoms with Crippen molar-refractivity contribution in [3.63, 3.8) is 0 Å². The lowest BCUT2D eigenvalue weighted by Gasteiger charge is -2.33. The number of halogens is 1. The number of hydrogen-bond donors (Lipinski definition) is 1. The second kappa shape index (κ2) is 7.45. The van der Waals surface area contributed by atoms with Crippen LogP contribution in [-0.2, 0) is 9.47 Å². The summed E-state index contributed by atoms with van der Waals surface area (Å²) in [5.41, 5.74) is 1.79. The molecule has 0 amide bonds. The molecule has 0 radical (unpaired) electrons. The van der Waals surface area contributed by atoms with Gasteiger partial charge in [0, 0.05) is 23.2 Å². The zero-order chi connectivity index (χ0) is 20.7. The highest BCUT2D eigenvalue weighted by Crippen LogP contribution is 2.37. The Morgan fingerprint density at radius 3 is 2.47 bits per heavy atom. The first kappa shape index (κ1) is 19.1. The Balaban J connectivity index is 1.53. The average Bonchev–Trinajstić information content (AvgIpc) is 3.43. The second-order valence-corrected chi connectivity index (χ2v) is 8.54. The van der Waals surface area contributed by atoms with Crippen LogP contribution in [0.3, 0.4) is 0 Å². The molecule has 2 aromatic heterocycles. The number of hydrogen-bond acceptors (Lipinski definition) is 7. The molecule has 3 heterocycles. The predicted octanol–water partition coefficient (Wildman–Crippen LogP) is 4.58. The Labute approximate surface area is 173 Å². The highest BCUT2D eigenvalue weighted by Gasteiger charge is 2.33. The van der Waals surface area contributed by atoms with Crippen molar-refractivity contribution in [3.8, 4) is 22.7 Å². The zero-order valence-corrected chi connectivity index (χ0v) is 16.9. The summed E-state index contributed by atoms with van der Waals surface area (Å²) in [5.74, 6) is 1.01. The quantitative estimate of drug-likeness (QED) is 0.659. The van der Waals surface area contributed by atoms with Gasteiger partial charge >= 0.3 is 0 Å². The SMILES string of the molecule is CC1(C)COC(c2nc(-c3ccc(F)cc3)c(-c3ccnc(NC4CC4)n3)o2)OC1. The van der Waals surface area contributed by atoms with Crippen molar-refractivity contribution in [1.29, 1.82) is 0 Å². The lowest BCUT2D eigenvalue weighted by molar-refractivity contribution is -0.235. The van der Waals surface area contributed by atoms with E-state index in [4.69, 9.17) is 13.9 Å². The molecule has 30 heavy (non-hydrogen) atoms. The van der Waals surface area contributed by atoms with E-state index in [0.717, 1.165) is 12.8 Å². The summed E-state index contributed by atoms with van der Waals surface area (Å²) in [5, 5.41) is 3.29. The largest absolute Gasteiger partial charge is 0.433 e. The highest BCUT2D eigenvalue weighted by atomic mass is 19.1. The van der Waals surface area contributed by atoms with Crippen molar-refractivity contribution in [1.82, 2.24) is 15.0 Å². The lowest BCUT2D eigenvalue weighted by Crippen LogP contribution is -2.33. The van der Waals surface area contributed by atoms with Crippen LogP contribution in [0.2, 0.25) is 0 Å². The first-order valence-corrected chi connectivity index (χ1v) is 10.1. The third-order valence-corrected chi connectivity index (χ3v) is 5.01. The molecule has 3 aromatic rings. The summed E-state index contributed by atoms with van der Waals surface area (Å²) < 4.78 is 31.2. The van der Waals surface area contributed by atoms with Crippen LogP contribution in [0.1, 0.15) is 38.9 Å². The number of rotatable bonds is 5. The molecule has 1 N–H and O–H groups in total. The van der Waals surface area contributed by atoms with Crippen LogP contribution in [0.5, 0.6) is 0 Å². The standard InChI is InChI=1S/C22H23FN4O3/c1-22(2)11-28-20(29-12-22)19-27-17(13-3-5-14(23)6-4-13)18(30-19)16-9-10-24-21(26-16)25-15-7-8-15/h3-6,9-10,15,20H,7-8,11-12H2,1-2H3,(H,24,25,26). The predicted molar refractivity (Wildman–Crippen MR) is 108 cm³/mol. The van der Waals surface area contributed by atoms with E-state index in [1.54, 1.807) is 24.4 Å². The van der Waals surface area contributed by atoms with Crippen LogP contribution >= 0.6 is 0 Å². The second-order valence-electron chi connectivity index (χ2n) is 8.54. The van der Waals surface area contributed by atoms with Gasteiger partial charge < -0.3 is 19.2 Å². The summed E-state index contributed by atoms with van der Waals surface area (Å²) in [6, 6.07) is 8.30. The highest BCUT2D eigenvalue weighted by molar-refractivity contribution is 5.75.